The standard InChI is InChI=1S/C21H21F3N4O/c1-14-25-19-13-17(27-11-9-26(2)10-12-27)7-8-18(19)20(29)28(14)16-5-3-15(4-6-16)21(22,23)24/h3-8,13H,9-12H2,1-2H3. The molecule has 3 aromatic rings. The molecule has 0 N–H and O–H groups in total. The fourth-order valence-electron chi connectivity index (χ4n) is 3.65. The van der Waals surface area contributed by atoms with Crippen LogP contribution in [0.2, 0.25) is 0 Å². The molecule has 0 unspecified atom stereocenters. The molecule has 2 heterocycles. The molecule has 5 nitrogen and oxygen atoms in total. The van der Waals surface area contributed by atoms with E-state index in [4.69, 9.17) is 0 Å². The van der Waals surface area contributed by atoms with Gasteiger partial charge in [-0.25, -0.2) is 4.98 Å². The van der Waals surface area contributed by atoms with Crippen LogP contribution in [0.4, 0.5) is 18.9 Å². The fraction of sp³-hybridized carbons (Fsp3) is 0.333. The maximum absolute atomic E-state index is 13.0. The van der Waals surface area contributed by atoms with E-state index in [0.29, 0.717) is 22.4 Å². The molecule has 0 aliphatic carbocycles. The minimum atomic E-state index is -4.42. The van der Waals surface area contributed by atoms with E-state index in [1.165, 1.54) is 16.7 Å². The summed E-state index contributed by atoms with van der Waals surface area (Å²) in [6, 6.07) is 10.1. The molecule has 1 aromatic heterocycles. The molecule has 0 saturated carbocycles. The van der Waals surface area contributed by atoms with Crippen molar-refractivity contribution < 1.29 is 13.2 Å². The van der Waals surface area contributed by atoms with Gasteiger partial charge in [0.25, 0.3) is 5.56 Å². The molecule has 0 radical (unpaired) electrons. The fourth-order valence-corrected chi connectivity index (χ4v) is 3.65. The van der Waals surface area contributed by atoms with Crippen molar-refractivity contribution in [1.29, 1.82) is 0 Å². The summed E-state index contributed by atoms with van der Waals surface area (Å²) >= 11 is 0. The number of rotatable bonds is 2. The summed E-state index contributed by atoms with van der Waals surface area (Å²) in [6.45, 7) is 5.44. The Morgan fingerprint density at radius 2 is 1.55 bits per heavy atom. The first-order valence-electron chi connectivity index (χ1n) is 9.38. The lowest BCUT2D eigenvalue weighted by Gasteiger charge is -2.34. The largest absolute Gasteiger partial charge is 0.416 e. The van der Waals surface area contributed by atoms with Gasteiger partial charge in [-0.2, -0.15) is 13.2 Å². The van der Waals surface area contributed by atoms with Gasteiger partial charge in [-0.3, -0.25) is 9.36 Å². The third-order valence-electron chi connectivity index (χ3n) is 5.34. The predicted octanol–water partition coefficient (Wildman–Crippen LogP) is 3.46. The minimum Gasteiger partial charge on any atom is -0.369 e. The normalized spacial score (nSPS) is 15.8. The molecule has 0 atom stereocenters. The van der Waals surface area contributed by atoms with Gasteiger partial charge in [-0.15, -0.1) is 0 Å². The molecule has 4 rings (SSSR count). The van der Waals surface area contributed by atoms with Crippen molar-refractivity contribution in [2.24, 2.45) is 0 Å². The molecule has 2 aromatic carbocycles. The van der Waals surface area contributed by atoms with Crippen LogP contribution in [0.1, 0.15) is 11.4 Å². The molecule has 0 bridgehead atoms. The Morgan fingerprint density at radius 3 is 2.17 bits per heavy atom. The maximum Gasteiger partial charge on any atom is 0.416 e. The van der Waals surface area contributed by atoms with E-state index >= 15 is 0 Å². The smallest absolute Gasteiger partial charge is 0.369 e. The monoisotopic (exact) mass is 402 g/mol. The quantitative estimate of drug-likeness (QED) is 0.658. The van der Waals surface area contributed by atoms with Crippen molar-refractivity contribution in [2.75, 3.05) is 38.1 Å². The molecule has 1 aliphatic heterocycles. The number of likely N-dealkylation sites (N-methyl/N-ethyl adjacent to an activating group) is 1. The second-order valence-electron chi connectivity index (χ2n) is 7.34. The van der Waals surface area contributed by atoms with Crippen LogP contribution in [0, 0.1) is 6.92 Å². The van der Waals surface area contributed by atoms with Gasteiger partial charge in [0.05, 0.1) is 22.2 Å². The average Bonchev–Trinajstić information content (AvgIpc) is 2.68. The molecule has 0 spiro atoms. The van der Waals surface area contributed by atoms with Gasteiger partial charge in [0.15, 0.2) is 0 Å². The highest BCUT2D eigenvalue weighted by Gasteiger charge is 2.30. The van der Waals surface area contributed by atoms with Gasteiger partial charge in [-0.1, -0.05) is 0 Å². The van der Waals surface area contributed by atoms with Gasteiger partial charge in [0, 0.05) is 31.9 Å². The third kappa shape index (κ3) is 3.72. The van der Waals surface area contributed by atoms with Crippen LogP contribution in [-0.2, 0) is 6.18 Å². The Hall–Kier alpha value is -2.87. The van der Waals surface area contributed by atoms with Gasteiger partial charge in [0.1, 0.15) is 5.82 Å². The van der Waals surface area contributed by atoms with E-state index in [0.717, 1.165) is 44.0 Å². The summed E-state index contributed by atoms with van der Waals surface area (Å²) in [5.41, 5.74) is 0.920. The highest BCUT2D eigenvalue weighted by Crippen LogP contribution is 2.29. The van der Waals surface area contributed by atoms with Crippen LogP contribution in [0.25, 0.3) is 16.6 Å². The summed E-state index contributed by atoms with van der Waals surface area (Å²) in [4.78, 5) is 22.1. The maximum atomic E-state index is 13.0. The number of hydrogen-bond donors (Lipinski definition) is 0. The van der Waals surface area contributed by atoms with Gasteiger partial charge in [0.2, 0.25) is 0 Å². The SMILES string of the molecule is Cc1nc2cc(N3CCN(C)CC3)ccc2c(=O)n1-c1ccc(C(F)(F)F)cc1. The molecule has 1 saturated heterocycles. The number of hydrogen-bond acceptors (Lipinski definition) is 4. The first-order chi connectivity index (χ1) is 13.7. The Labute approximate surface area is 166 Å². The predicted molar refractivity (Wildman–Crippen MR) is 107 cm³/mol. The van der Waals surface area contributed by atoms with E-state index in [-0.39, 0.29) is 5.56 Å². The molecule has 1 aliphatic rings. The van der Waals surface area contributed by atoms with E-state index < -0.39 is 11.7 Å². The summed E-state index contributed by atoms with van der Waals surface area (Å²) in [5, 5.41) is 0.438. The van der Waals surface area contributed by atoms with Crippen molar-refractivity contribution in [3.8, 4) is 5.69 Å². The van der Waals surface area contributed by atoms with Crippen LogP contribution in [0.3, 0.4) is 0 Å². The van der Waals surface area contributed by atoms with Crippen LogP contribution in [0.5, 0.6) is 0 Å². The van der Waals surface area contributed by atoms with Gasteiger partial charge < -0.3 is 9.80 Å². The number of halogens is 3. The van der Waals surface area contributed by atoms with Gasteiger partial charge in [-0.05, 0) is 56.4 Å². The number of anilines is 1. The van der Waals surface area contributed by atoms with E-state index in [9.17, 15) is 18.0 Å². The zero-order valence-electron chi connectivity index (χ0n) is 16.2. The third-order valence-corrected chi connectivity index (χ3v) is 5.34. The molecule has 0 amide bonds. The Balaban J connectivity index is 1.74. The summed E-state index contributed by atoms with van der Waals surface area (Å²) in [5.74, 6) is 0.429. The van der Waals surface area contributed by atoms with Crippen molar-refractivity contribution in [2.45, 2.75) is 13.1 Å². The van der Waals surface area contributed by atoms with Crippen LogP contribution < -0.4 is 10.5 Å². The second-order valence-corrected chi connectivity index (χ2v) is 7.34. The number of nitrogens with zero attached hydrogens (tertiary/aromatic N) is 4. The first-order valence-corrected chi connectivity index (χ1v) is 9.38. The molecular weight excluding hydrogens is 381 g/mol. The molecule has 8 heteroatoms. The summed E-state index contributed by atoms with van der Waals surface area (Å²) in [7, 11) is 2.09. The zero-order valence-corrected chi connectivity index (χ0v) is 16.2. The van der Waals surface area contributed by atoms with Crippen LogP contribution in [0.15, 0.2) is 47.3 Å². The van der Waals surface area contributed by atoms with E-state index in [1.54, 1.807) is 13.0 Å². The number of benzene rings is 2. The number of alkyl halides is 3. The van der Waals surface area contributed by atoms with Crippen molar-refractivity contribution >= 4 is 16.6 Å². The van der Waals surface area contributed by atoms with Crippen LogP contribution in [-0.4, -0.2) is 47.7 Å². The lowest BCUT2D eigenvalue weighted by atomic mass is 10.1. The van der Waals surface area contributed by atoms with Crippen molar-refractivity contribution in [3.05, 3.63) is 64.2 Å². The lowest BCUT2D eigenvalue weighted by molar-refractivity contribution is -0.137. The van der Waals surface area contributed by atoms with E-state index in [1.807, 2.05) is 12.1 Å². The Kier molecular flexibility index (Phi) is 4.82. The molecule has 152 valence electrons. The Bertz CT molecular complexity index is 1100. The zero-order chi connectivity index (χ0) is 20.8. The number of piperazine rings is 1. The lowest BCUT2D eigenvalue weighted by Crippen LogP contribution is -2.44. The number of aryl methyl sites for hydroxylation is 1. The second kappa shape index (κ2) is 7.18. The highest BCUT2D eigenvalue weighted by molar-refractivity contribution is 5.82. The van der Waals surface area contributed by atoms with Crippen molar-refractivity contribution in [1.82, 2.24) is 14.5 Å². The topological polar surface area (TPSA) is 41.4 Å². The number of aromatic nitrogens is 2. The summed E-state index contributed by atoms with van der Waals surface area (Å²) < 4.78 is 39.8. The molecular formula is C21H21F3N4O. The molecule has 29 heavy (non-hydrogen) atoms. The van der Waals surface area contributed by atoms with Gasteiger partial charge >= 0.3 is 6.18 Å². The van der Waals surface area contributed by atoms with E-state index in [2.05, 4.69) is 21.8 Å². The molecule has 1 fully saturated rings. The average molecular weight is 402 g/mol. The Morgan fingerprint density at radius 1 is 0.931 bits per heavy atom. The van der Waals surface area contributed by atoms with Crippen LogP contribution >= 0.6 is 0 Å². The minimum absolute atomic E-state index is 0.294. The highest BCUT2D eigenvalue weighted by atomic mass is 19.4. The summed E-state index contributed by atoms with van der Waals surface area (Å²) in [6.07, 6.45) is -4.42. The van der Waals surface area contributed by atoms with Crippen molar-refractivity contribution in [3.63, 3.8) is 0 Å². The first kappa shape index (κ1) is 19.4. The number of fused-ring (bicyclic) bond motifs is 1.